The Morgan fingerprint density at radius 2 is 2.11 bits per heavy atom. The maximum absolute atomic E-state index is 12.5. The predicted octanol–water partition coefficient (Wildman–Crippen LogP) is 1.35. The number of piperidine rings is 1. The summed E-state index contributed by atoms with van der Waals surface area (Å²) in [6.07, 6.45) is -1.47. The van der Waals surface area contributed by atoms with E-state index >= 15 is 0 Å². The van der Waals surface area contributed by atoms with E-state index in [2.05, 4.69) is 0 Å². The van der Waals surface area contributed by atoms with Gasteiger partial charge in [0.05, 0.1) is 0 Å². The van der Waals surface area contributed by atoms with Crippen molar-refractivity contribution in [3.05, 3.63) is 0 Å². The third-order valence-corrected chi connectivity index (χ3v) is 1.71. The van der Waals surface area contributed by atoms with Crippen molar-refractivity contribution in [2.45, 2.75) is 25.3 Å². The van der Waals surface area contributed by atoms with Crippen LogP contribution in [0.15, 0.2) is 0 Å². The molecule has 1 fully saturated rings. The average molecular weight is 135 g/mol. The number of alkyl halides is 2. The minimum absolute atomic E-state index is 0.380. The molecule has 0 aromatic heterocycles. The SMILES string of the molecule is CN1CCCC(F)C1F. The maximum Gasteiger partial charge on any atom is 0.184 e. The fourth-order valence-electron chi connectivity index (χ4n) is 1.07. The molecule has 9 heavy (non-hydrogen) atoms. The Balaban J connectivity index is 2.41. The lowest BCUT2D eigenvalue weighted by atomic mass is 10.1. The van der Waals surface area contributed by atoms with E-state index in [1.807, 2.05) is 0 Å². The molecule has 2 atom stereocenters. The molecule has 1 saturated heterocycles. The van der Waals surface area contributed by atoms with Gasteiger partial charge in [-0.05, 0) is 19.9 Å². The van der Waals surface area contributed by atoms with Crippen LogP contribution in [-0.4, -0.2) is 31.0 Å². The van der Waals surface area contributed by atoms with E-state index < -0.39 is 12.5 Å². The first-order valence-corrected chi connectivity index (χ1v) is 3.20. The maximum atomic E-state index is 12.5. The molecule has 0 radical (unpaired) electrons. The fourth-order valence-corrected chi connectivity index (χ4v) is 1.07. The standard InChI is InChI=1S/C6H11F2N/c1-9-4-2-3-5(7)6(9)8/h5-6H,2-4H2,1H3. The highest BCUT2D eigenvalue weighted by Gasteiger charge is 2.28. The van der Waals surface area contributed by atoms with E-state index in [0.717, 1.165) is 6.42 Å². The second kappa shape index (κ2) is 2.60. The first-order valence-electron chi connectivity index (χ1n) is 3.20. The van der Waals surface area contributed by atoms with Crippen molar-refractivity contribution in [1.29, 1.82) is 0 Å². The summed E-state index contributed by atoms with van der Waals surface area (Å²) in [5.74, 6) is 0. The third kappa shape index (κ3) is 1.39. The predicted molar refractivity (Wildman–Crippen MR) is 31.7 cm³/mol. The average Bonchev–Trinajstić information content (AvgIpc) is 1.83. The lowest BCUT2D eigenvalue weighted by Gasteiger charge is -2.28. The van der Waals surface area contributed by atoms with Crippen LogP contribution in [-0.2, 0) is 0 Å². The van der Waals surface area contributed by atoms with Gasteiger partial charge in [0.2, 0.25) is 0 Å². The molecule has 54 valence electrons. The molecule has 0 spiro atoms. The lowest BCUT2D eigenvalue weighted by Crippen LogP contribution is -2.40. The van der Waals surface area contributed by atoms with Crippen LogP contribution in [0.25, 0.3) is 0 Å². The fraction of sp³-hybridized carbons (Fsp3) is 1.00. The molecule has 0 aromatic carbocycles. The largest absolute Gasteiger partial charge is 0.275 e. The summed E-state index contributed by atoms with van der Waals surface area (Å²) in [5, 5.41) is 0. The Kier molecular flexibility index (Phi) is 2.01. The molecule has 3 heteroatoms. The van der Waals surface area contributed by atoms with Crippen LogP contribution in [0.1, 0.15) is 12.8 Å². The van der Waals surface area contributed by atoms with Crippen LogP contribution in [0, 0.1) is 0 Å². The Hall–Kier alpha value is -0.180. The minimum Gasteiger partial charge on any atom is -0.275 e. The van der Waals surface area contributed by atoms with E-state index in [1.54, 1.807) is 7.05 Å². The van der Waals surface area contributed by atoms with Crippen molar-refractivity contribution in [3.63, 3.8) is 0 Å². The summed E-state index contributed by atoms with van der Waals surface area (Å²) in [7, 11) is 1.61. The van der Waals surface area contributed by atoms with E-state index in [9.17, 15) is 8.78 Å². The molecule has 1 aliphatic heterocycles. The normalized spacial score (nSPS) is 39.0. The van der Waals surface area contributed by atoms with Crippen molar-refractivity contribution in [1.82, 2.24) is 4.90 Å². The zero-order chi connectivity index (χ0) is 6.85. The van der Waals surface area contributed by atoms with Crippen molar-refractivity contribution in [3.8, 4) is 0 Å². The van der Waals surface area contributed by atoms with Gasteiger partial charge in [-0.15, -0.1) is 0 Å². The molecular weight excluding hydrogens is 124 g/mol. The molecular formula is C6H11F2N. The highest BCUT2D eigenvalue weighted by molar-refractivity contribution is 4.73. The molecule has 0 saturated carbocycles. The summed E-state index contributed by atoms with van der Waals surface area (Å²) in [6.45, 7) is 0.682. The Bertz CT molecular complexity index is 87.1. The highest BCUT2D eigenvalue weighted by Crippen LogP contribution is 2.19. The molecule has 0 amide bonds. The van der Waals surface area contributed by atoms with E-state index in [4.69, 9.17) is 0 Å². The van der Waals surface area contributed by atoms with Crippen molar-refractivity contribution in [2.75, 3.05) is 13.6 Å². The van der Waals surface area contributed by atoms with Gasteiger partial charge in [0, 0.05) is 6.54 Å². The van der Waals surface area contributed by atoms with Gasteiger partial charge in [-0.25, -0.2) is 8.78 Å². The topological polar surface area (TPSA) is 3.24 Å². The molecule has 1 aliphatic rings. The first-order chi connectivity index (χ1) is 4.22. The zero-order valence-electron chi connectivity index (χ0n) is 5.48. The van der Waals surface area contributed by atoms with Gasteiger partial charge >= 0.3 is 0 Å². The Morgan fingerprint density at radius 3 is 2.56 bits per heavy atom. The van der Waals surface area contributed by atoms with Crippen LogP contribution >= 0.6 is 0 Å². The molecule has 1 nitrogen and oxygen atoms in total. The van der Waals surface area contributed by atoms with Gasteiger partial charge in [0.15, 0.2) is 6.30 Å². The number of rotatable bonds is 0. The first kappa shape index (κ1) is 6.93. The molecule has 0 N–H and O–H groups in total. The monoisotopic (exact) mass is 135 g/mol. The van der Waals surface area contributed by atoms with Crippen molar-refractivity contribution < 1.29 is 8.78 Å². The zero-order valence-corrected chi connectivity index (χ0v) is 5.48. The van der Waals surface area contributed by atoms with Crippen molar-refractivity contribution in [2.24, 2.45) is 0 Å². The molecule has 1 heterocycles. The molecule has 0 aliphatic carbocycles. The third-order valence-electron chi connectivity index (χ3n) is 1.71. The smallest absolute Gasteiger partial charge is 0.184 e. The Labute approximate surface area is 53.6 Å². The van der Waals surface area contributed by atoms with Gasteiger partial charge in [-0.3, -0.25) is 4.90 Å². The second-order valence-corrected chi connectivity index (χ2v) is 2.51. The number of likely N-dealkylation sites (tertiary alicyclic amines) is 1. The quantitative estimate of drug-likeness (QED) is 0.453. The van der Waals surface area contributed by atoms with E-state index in [1.165, 1.54) is 4.90 Å². The van der Waals surface area contributed by atoms with Crippen molar-refractivity contribution >= 4 is 0 Å². The summed E-state index contributed by atoms with van der Waals surface area (Å²) in [5.41, 5.74) is 0. The summed E-state index contributed by atoms with van der Waals surface area (Å²) in [6, 6.07) is 0. The molecule has 1 rings (SSSR count). The van der Waals surface area contributed by atoms with Crippen LogP contribution < -0.4 is 0 Å². The van der Waals surface area contributed by atoms with E-state index in [0.29, 0.717) is 13.0 Å². The second-order valence-electron chi connectivity index (χ2n) is 2.51. The van der Waals surface area contributed by atoms with Crippen LogP contribution in [0.2, 0.25) is 0 Å². The number of nitrogens with zero attached hydrogens (tertiary/aromatic N) is 1. The van der Waals surface area contributed by atoms with Gasteiger partial charge in [-0.2, -0.15) is 0 Å². The highest BCUT2D eigenvalue weighted by atomic mass is 19.2. The molecule has 2 unspecified atom stereocenters. The van der Waals surface area contributed by atoms with Crippen LogP contribution in [0.4, 0.5) is 8.78 Å². The van der Waals surface area contributed by atoms with Gasteiger partial charge < -0.3 is 0 Å². The number of halogens is 2. The lowest BCUT2D eigenvalue weighted by molar-refractivity contribution is -0.00170. The minimum atomic E-state index is -1.36. The van der Waals surface area contributed by atoms with Gasteiger partial charge in [0.1, 0.15) is 6.17 Å². The van der Waals surface area contributed by atoms with Crippen LogP contribution in [0.5, 0.6) is 0 Å². The summed E-state index contributed by atoms with van der Waals surface area (Å²) in [4.78, 5) is 1.41. The summed E-state index contributed by atoms with van der Waals surface area (Å²) < 4.78 is 24.9. The Morgan fingerprint density at radius 1 is 1.44 bits per heavy atom. The number of hydrogen-bond donors (Lipinski definition) is 0. The summed E-state index contributed by atoms with van der Waals surface area (Å²) >= 11 is 0. The molecule has 0 bridgehead atoms. The van der Waals surface area contributed by atoms with E-state index in [-0.39, 0.29) is 0 Å². The van der Waals surface area contributed by atoms with Crippen LogP contribution in [0.3, 0.4) is 0 Å². The van der Waals surface area contributed by atoms with Gasteiger partial charge in [0.25, 0.3) is 0 Å². The number of hydrogen-bond acceptors (Lipinski definition) is 1. The molecule has 0 aromatic rings. The van der Waals surface area contributed by atoms with Gasteiger partial charge in [-0.1, -0.05) is 0 Å².